The summed E-state index contributed by atoms with van der Waals surface area (Å²) >= 11 is 0. The molecule has 4 aromatic rings. The number of carbonyl (C=O) groups excluding carboxylic acids is 2. The van der Waals surface area contributed by atoms with E-state index in [-0.39, 0.29) is 49.5 Å². The molecule has 1 amide bonds. The summed E-state index contributed by atoms with van der Waals surface area (Å²) in [6.07, 6.45) is -1.34. The summed E-state index contributed by atoms with van der Waals surface area (Å²) in [6, 6.07) is 11.1. The van der Waals surface area contributed by atoms with Gasteiger partial charge in [-0.25, -0.2) is 17.9 Å². The number of amides is 1. The number of alkyl halides is 3. The zero-order valence-electron chi connectivity index (χ0n) is 22.8. The molecule has 0 atom stereocenters. The van der Waals surface area contributed by atoms with Crippen molar-refractivity contribution in [3.8, 4) is 22.7 Å². The normalized spacial score (nSPS) is 16.5. The fourth-order valence-corrected chi connectivity index (χ4v) is 5.86. The SMILES string of the molecule is O=C(c1cc(-c2cccnc2)n(-c2ccc(OC(F)(F)F)c(F)c2)n1)N1CCC2(CC1)C(=O)CCN2c1ccc(F)c(F)c1. The number of hydrogen-bond acceptors (Lipinski definition) is 6. The summed E-state index contributed by atoms with van der Waals surface area (Å²) < 4.78 is 85.1. The Bertz CT molecular complexity index is 1730. The summed E-state index contributed by atoms with van der Waals surface area (Å²) in [7, 11) is 0. The van der Waals surface area contributed by atoms with E-state index in [0.29, 0.717) is 23.5 Å². The second-order valence-corrected chi connectivity index (χ2v) is 10.5. The minimum Gasteiger partial charge on any atom is -0.403 e. The molecule has 2 saturated heterocycles. The number of ether oxygens (including phenoxy) is 1. The lowest BCUT2D eigenvalue weighted by Crippen LogP contribution is -2.56. The number of aromatic nitrogens is 3. The van der Waals surface area contributed by atoms with Gasteiger partial charge in [0.25, 0.3) is 5.91 Å². The lowest BCUT2D eigenvalue weighted by atomic mass is 9.83. The van der Waals surface area contributed by atoms with Crippen LogP contribution in [0.4, 0.5) is 32.0 Å². The van der Waals surface area contributed by atoms with Crippen LogP contribution in [0.2, 0.25) is 0 Å². The number of piperidine rings is 1. The van der Waals surface area contributed by atoms with Gasteiger partial charge in [-0.3, -0.25) is 14.6 Å². The monoisotopic (exact) mass is 615 g/mol. The van der Waals surface area contributed by atoms with Gasteiger partial charge in [-0.2, -0.15) is 5.10 Å². The summed E-state index contributed by atoms with van der Waals surface area (Å²) in [5.41, 5.74) is 0.255. The van der Waals surface area contributed by atoms with Crippen molar-refractivity contribution in [2.45, 2.75) is 31.2 Å². The van der Waals surface area contributed by atoms with Crippen molar-refractivity contribution >= 4 is 17.4 Å². The van der Waals surface area contributed by atoms with Crippen molar-refractivity contribution in [3.05, 3.63) is 90.1 Å². The van der Waals surface area contributed by atoms with Crippen LogP contribution in [0, 0.1) is 17.5 Å². The largest absolute Gasteiger partial charge is 0.573 e. The van der Waals surface area contributed by atoms with Crippen LogP contribution >= 0.6 is 0 Å². The highest BCUT2D eigenvalue weighted by Gasteiger charge is 2.50. The predicted octanol–water partition coefficient (Wildman–Crippen LogP) is 5.70. The van der Waals surface area contributed by atoms with E-state index >= 15 is 0 Å². The molecular weight excluding hydrogens is 592 g/mol. The van der Waals surface area contributed by atoms with Crippen LogP contribution in [0.15, 0.2) is 67.0 Å². The van der Waals surface area contributed by atoms with Crippen LogP contribution in [0.1, 0.15) is 29.8 Å². The number of nitrogens with zero attached hydrogens (tertiary/aromatic N) is 5. The van der Waals surface area contributed by atoms with E-state index < -0.39 is 41.0 Å². The van der Waals surface area contributed by atoms with Crippen LogP contribution in [0.5, 0.6) is 5.75 Å². The number of pyridine rings is 1. The Labute approximate surface area is 246 Å². The molecule has 2 aliphatic heterocycles. The van der Waals surface area contributed by atoms with E-state index in [1.807, 2.05) is 0 Å². The minimum absolute atomic E-state index is 0.0222. The van der Waals surface area contributed by atoms with Gasteiger partial charge < -0.3 is 14.5 Å². The van der Waals surface area contributed by atoms with E-state index in [9.17, 15) is 35.9 Å². The van der Waals surface area contributed by atoms with E-state index in [1.54, 1.807) is 17.0 Å². The lowest BCUT2D eigenvalue weighted by Gasteiger charge is -2.44. The first kappa shape index (κ1) is 29.2. The van der Waals surface area contributed by atoms with Crippen molar-refractivity contribution in [2.75, 3.05) is 24.5 Å². The predicted molar refractivity (Wildman–Crippen MR) is 145 cm³/mol. The highest BCUT2D eigenvalue weighted by atomic mass is 19.4. The molecule has 44 heavy (non-hydrogen) atoms. The smallest absolute Gasteiger partial charge is 0.403 e. The molecule has 0 saturated carbocycles. The van der Waals surface area contributed by atoms with Crippen LogP contribution in [0.25, 0.3) is 16.9 Å². The molecule has 2 fully saturated rings. The molecule has 2 aliphatic rings. The third-order valence-electron chi connectivity index (χ3n) is 7.96. The molecule has 6 rings (SSSR count). The number of hydrogen-bond donors (Lipinski definition) is 0. The van der Waals surface area contributed by atoms with Gasteiger partial charge >= 0.3 is 6.36 Å². The first-order chi connectivity index (χ1) is 20.9. The number of anilines is 1. The maximum atomic E-state index is 14.6. The molecule has 14 heteroatoms. The van der Waals surface area contributed by atoms with Gasteiger partial charge in [-0.15, -0.1) is 13.2 Å². The van der Waals surface area contributed by atoms with Crippen molar-refractivity contribution in [3.63, 3.8) is 0 Å². The van der Waals surface area contributed by atoms with Gasteiger partial charge in [0.05, 0.1) is 11.4 Å². The lowest BCUT2D eigenvalue weighted by molar-refractivity contribution is -0.275. The number of ketones is 1. The van der Waals surface area contributed by atoms with Crippen LogP contribution in [-0.2, 0) is 4.79 Å². The number of likely N-dealkylation sites (tertiary alicyclic amines) is 1. The number of carbonyl (C=O) groups is 2. The average Bonchev–Trinajstić information content (AvgIpc) is 3.58. The Kier molecular flexibility index (Phi) is 7.30. The Morgan fingerprint density at radius 3 is 2.27 bits per heavy atom. The maximum Gasteiger partial charge on any atom is 0.573 e. The quantitative estimate of drug-likeness (QED) is 0.268. The number of rotatable bonds is 5. The van der Waals surface area contributed by atoms with E-state index in [2.05, 4.69) is 14.8 Å². The number of halogens is 6. The molecule has 2 aromatic carbocycles. The summed E-state index contributed by atoms with van der Waals surface area (Å²) in [4.78, 5) is 34.1. The van der Waals surface area contributed by atoms with E-state index in [1.165, 1.54) is 40.2 Å². The van der Waals surface area contributed by atoms with Crippen LogP contribution < -0.4 is 9.64 Å². The fraction of sp³-hybridized carbons (Fsp3) is 0.267. The summed E-state index contributed by atoms with van der Waals surface area (Å²) in [5, 5.41) is 4.38. The van der Waals surface area contributed by atoms with Crippen molar-refractivity contribution in [2.24, 2.45) is 0 Å². The van der Waals surface area contributed by atoms with Crippen molar-refractivity contribution < 1.29 is 40.7 Å². The number of Topliss-reactive ketones (excluding diaryl/α,β-unsaturated/α-hetero) is 1. The second kappa shape index (κ2) is 11.0. The Morgan fingerprint density at radius 1 is 0.886 bits per heavy atom. The van der Waals surface area contributed by atoms with Gasteiger partial charge in [-0.1, -0.05) is 0 Å². The molecule has 0 radical (unpaired) electrons. The molecule has 2 aromatic heterocycles. The zero-order valence-corrected chi connectivity index (χ0v) is 22.8. The highest BCUT2D eigenvalue weighted by molar-refractivity contribution is 5.97. The molecule has 0 N–H and O–H groups in total. The molecule has 0 unspecified atom stereocenters. The molecular formula is C30H23F6N5O3. The fourth-order valence-electron chi connectivity index (χ4n) is 5.86. The van der Waals surface area contributed by atoms with Crippen LogP contribution in [0.3, 0.4) is 0 Å². The summed E-state index contributed by atoms with van der Waals surface area (Å²) in [5.74, 6) is -4.84. The Hall–Kier alpha value is -4.88. The van der Waals surface area contributed by atoms with Gasteiger partial charge in [0, 0.05) is 61.8 Å². The average molecular weight is 616 g/mol. The van der Waals surface area contributed by atoms with Crippen LogP contribution in [-0.4, -0.2) is 62.9 Å². The first-order valence-corrected chi connectivity index (χ1v) is 13.6. The molecule has 1 spiro atoms. The standard InChI is InChI=1S/C30H23F6N5O3/c31-21-5-3-19(14-22(21)32)40-11-7-27(42)29(40)8-12-39(13-9-29)28(43)24-16-25(18-2-1-10-37-17-18)41(38-24)20-4-6-26(23(33)15-20)44-30(34,35)36/h1-6,10,14-17H,7-9,11-13H2. The highest BCUT2D eigenvalue weighted by Crippen LogP contribution is 2.40. The Morgan fingerprint density at radius 2 is 1.61 bits per heavy atom. The van der Waals surface area contributed by atoms with Crippen molar-refractivity contribution in [1.29, 1.82) is 0 Å². The van der Waals surface area contributed by atoms with Crippen molar-refractivity contribution in [1.82, 2.24) is 19.7 Å². The molecule has 0 bridgehead atoms. The van der Waals surface area contributed by atoms with E-state index in [4.69, 9.17) is 0 Å². The third-order valence-corrected chi connectivity index (χ3v) is 7.96. The van der Waals surface area contributed by atoms with E-state index in [0.717, 1.165) is 24.3 Å². The van der Waals surface area contributed by atoms with Gasteiger partial charge in [-0.05, 0) is 55.3 Å². The maximum absolute atomic E-state index is 14.6. The zero-order chi connectivity index (χ0) is 31.2. The topological polar surface area (TPSA) is 80.6 Å². The van der Waals surface area contributed by atoms with Gasteiger partial charge in [0.2, 0.25) is 0 Å². The number of benzene rings is 2. The minimum atomic E-state index is -5.09. The third kappa shape index (κ3) is 5.35. The molecule has 4 heterocycles. The Balaban J connectivity index is 1.27. The van der Waals surface area contributed by atoms with Gasteiger partial charge in [0.15, 0.2) is 34.7 Å². The second-order valence-electron chi connectivity index (χ2n) is 10.5. The molecule has 0 aliphatic carbocycles. The molecule has 8 nitrogen and oxygen atoms in total. The summed E-state index contributed by atoms with van der Waals surface area (Å²) in [6.45, 7) is 0.663. The van der Waals surface area contributed by atoms with Gasteiger partial charge in [0.1, 0.15) is 5.54 Å². The molecule has 228 valence electrons. The first-order valence-electron chi connectivity index (χ1n) is 13.6.